The second kappa shape index (κ2) is 3.55. The summed E-state index contributed by atoms with van der Waals surface area (Å²) < 4.78 is 50.2. The SMILES string of the molecule is Fc1cccc2nc(C(F)(F)F)nc(Cl)c12. The maximum Gasteiger partial charge on any atom is 0.451 e. The molecule has 1 aromatic carbocycles. The summed E-state index contributed by atoms with van der Waals surface area (Å²) in [5, 5.41) is -0.757. The van der Waals surface area contributed by atoms with E-state index in [1.54, 1.807) is 0 Å². The van der Waals surface area contributed by atoms with Crippen molar-refractivity contribution in [3.63, 3.8) is 0 Å². The second-order valence-electron chi connectivity index (χ2n) is 2.97. The molecular weight excluding hydrogens is 248 g/mol. The van der Waals surface area contributed by atoms with Gasteiger partial charge in [0, 0.05) is 0 Å². The summed E-state index contributed by atoms with van der Waals surface area (Å²) in [7, 11) is 0. The van der Waals surface area contributed by atoms with Crippen LogP contribution in [0.4, 0.5) is 17.6 Å². The van der Waals surface area contributed by atoms with Crippen molar-refractivity contribution in [2.24, 2.45) is 0 Å². The summed E-state index contributed by atoms with van der Waals surface area (Å²) in [6, 6.07) is 3.56. The number of fused-ring (bicyclic) bond motifs is 1. The molecule has 7 heteroatoms. The number of alkyl halides is 3. The first-order valence-corrected chi connectivity index (χ1v) is 4.46. The zero-order chi connectivity index (χ0) is 11.9. The van der Waals surface area contributed by atoms with Crippen LogP contribution in [0.3, 0.4) is 0 Å². The summed E-state index contributed by atoms with van der Waals surface area (Å²) in [5.74, 6) is -2.13. The van der Waals surface area contributed by atoms with E-state index in [1.807, 2.05) is 0 Å². The lowest BCUT2D eigenvalue weighted by molar-refractivity contribution is -0.144. The van der Waals surface area contributed by atoms with E-state index in [0.29, 0.717) is 0 Å². The van der Waals surface area contributed by atoms with Gasteiger partial charge in [0.2, 0.25) is 5.82 Å². The lowest BCUT2D eigenvalue weighted by Crippen LogP contribution is -2.11. The Morgan fingerprint density at radius 1 is 1.12 bits per heavy atom. The van der Waals surface area contributed by atoms with Crippen molar-refractivity contribution in [2.45, 2.75) is 6.18 Å². The van der Waals surface area contributed by atoms with Gasteiger partial charge >= 0.3 is 6.18 Å². The molecule has 0 saturated carbocycles. The van der Waals surface area contributed by atoms with Gasteiger partial charge in [-0.2, -0.15) is 13.2 Å². The number of aromatic nitrogens is 2. The molecule has 84 valence electrons. The lowest BCUT2D eigenvalue weighted by atomic mass is 10.2. The monoisotopic (exact) mass is 250 g/mol. The highest BCUT2D eigenvalue weighted by molar-refractivity contribution is 6.34. The predicted octanol–water partition coefficient (Wildman–Crippen LogP) is 3.44. The molecule has 1 aromatic heterocycles. The molecule has 0 atom stereocenters. The van der Waals surface area contributed by atoms with Gasteiger partial charge in [0.15, 0.2) is 0 Å². The number of halogens is 5. The lowest BCUT2D eigenvalue weighted by Gasteiger charge is -2.07. The van der Waals surface area contributed by atoms with E-state index in [2.05, 4.69) is 9.97 Å². The minimum absolute atomic E-state index is 0.174. The molecule has 0 bridgehead atoms. The van der Waals surface area contributed by atoms with E-state index in [-0.39, 0.29) is 10.9 Å². The zero-order valence-electron chi connectivity index (χ0n) is 7.52. The largest absolute Gasteiger partial charge is 0.451 e. The first-order chi connectivity index (χ1) is 7.39. The van der Waals surface area contributed by atoms with Crippen molar-refractivity contribution in [1.82, 2.24) is 9.97 Å². The van der Waals surface area contributed by atoms with Crippen LogP contribution in [0.25, 0.3) is 10.9 Å². The van der Waals surface area contributed by atoms with Crippen molar-refractivity contribution in [1.29, 1.82) is 0 Å². The van der Waals surface area contributed by atoms with E-state index < -0.39 is 23.0 Å². The Morgan fingerprint density at radius 2 is 1.81 bits per heavy atom. The second-order valence-corrected chi connectivity index (χ2v) is 3.33. The van der Waals surface area contributed by atoms with Crippen molar-refractivity contribution in [2.75, 3.05) is 0 Å². The van der Waals surface area contributed by atoms with Crippen molar-refractivity contribution < 1.29 is 17.6 Å². The molecule has 2 aromatic rings. The van der Waals surface area contributed by atoms with Crippen LogP contribution in [0.1, 0.15) is 5.82 Å². The van der Waals surface area contributed by atoms with Gasteiger partial charge in [-0.05, 0) is 12.1 Å². The fourth-order valence-electron chi connectivity index (χ4n) is 1.22. The molecule has 0 saturated heterocycles. The first-order valence-electron chi connectivity index (χ1n) is 4.08. The van der Waals surface area contributed by atoms with E-state index >= 15 is 0 Å². The molecule has 0 unspecified atom stereocenters. The van der Waals surface area contributed by atoms with E-state index in [4.69, 9.17) is 11.6 Å². The third kappa shape index (κ3) is 1.80. The van der Waals surface area contributed by atoms with E-state index in [9.17, 15) is 17.6 Å². The summed E-state index contributed by atoms with van der Waals surface area (Å²) in [6.45, 7) is 0. The third-order valence-electron chi connectivity index (χ3n) is 1.88. The summed E-state index contributed by atoms with van der Waals surface area (Å²) >= 11 is 5.48. The molecule has 0 fully saturated rings. The molecular formula is C9H3ClF4N2. The van der Waals surface area contributed by atoms with E-state index in [0.717, 1.165) is 6.07 Å². The smallest absolute Gasteiger partial charge is 0.224 e. The number of benzene rings is 1. The Balaban J connectivity index is 2.79. The minimum atomic E-state index is -4.70. The van der Waals surface area contributed by atoms with Gasteiger partial charge in [-0.3, -0.25) is 0 Å². The Labute approximate surface area is 91.9 Å². The highest BCUT2D eigenvalue weighted by Gasteiger charge is 2.35. The predicted molar refractivity (Wildman–Crippen MR) is 49.5 cm³/mol. The molecule has 1 heterocycles. The molecule has 2 nitrogen and oxygen atoms in total. The first kappa shape index (κ1) is 11.1. The van der Waals surface area contributed by atoms with Gasteiger partial charge in [-0.15, -0.1) is 0 Å². The molecule has 0 radical (unpaired) electrons. The minimum Gasteiger partial charge on any atom is -0.224 e. The Morgan fingerprint density at radius 3 is 2.44 bits per heavy atom. The van der Waals surface area contributed by atoms with Gasteiger partial charge in [0.25, 0.3) is 0 Å². The summed E-state index contributed by atoms with van der Waals surface area (Å²) in [6.07, 6.45) is -4.70. The summed E-state index contributed by atoms with van der Waals surface area (Å²) in [4.78, 5) is 6.23. The molecule has 0 aliphatic rings. The van der Waals surface area contributed by atoms with Crippen LogP contribution in [-0.4, -0.2) is 9.97 Å². The highest BCUT2D eigenvalue weighted by Crippen LogP contribution is 2.30. The maximum absolute atomic E-state index is 13.2. The fourth-order valence-corrected chi connectivity index (χ4v) is 1.49. The number of hydrogen-bond acceptors (Lipinski definition) is 2. The van der Waals surface area contributed by atoms with Gasteiger partial charge in [-0.25, -0.2) is 14.4 Å². The van der Waals surface area contributed by atoms with Crippen LogP contribution in [0.15, 0.2) is 18.2 Å². The van der Waals surface area contributed by atoms with Crippen LogP contribution in [-0.2, 0) is 6.18 Å². The van der Waals surface area contributed by atoms with Gasteiger partial charge in [0.1, 0.15) is 11.0 Å². The molecule has 2 rings (SSSR count). The normalized spacial score (nSPS) is 12.1. The van der Waals surface area contributed by atoms with Crippen LogP contribution in [0, 0.1) is 5.82 Å². The average molecular weight is 251 g/mol. The molecule has 0 aliphatic carbocycles. The molecule has 0 spiro atoms. The molecule has 16 heavy (non-hydrogen) atoms. The van der Waals surface area contributed by atoms with Crippen LogP contribution in [0.2, 0.25) is 5.15 Å². The van der Waals surface area contributed by atoms with Crippen LogP contribution < -0.4 is 0 Å². The van der Waals surface area contributed by atoms with Gasteiger partial charge < -0.3 is 0 Å². The topological polar surface area (TPSA) is 25.8 Å². The number of hydrogen-bond donors (Lipinski definition) is 0. The number of rotatable bonds is 0. The third-order valence-corrected chi connectivity index (χ3v) is 2.16. The fraction of sp³-hybridized carbons (Fsp3) is 0.111. The molecule has 0 N–H and O–H groups in total. The van der Waals surface area contributed by atoms with Crippen molar-refractivity contribution in [3.8, 4) is 0 Å². The zero-order valence-corrected chi connectivity index (χ0v) is 8.27. The van der Waals surface area contributed by atoms with Gasteiger partial charge in [0.05, 0.1) is 10.9 Å². The Hall–Kier alpha value is -1.43. The quantitative estimate of drug-likeness (QED) is 0.529. The maximum atomic E-state index is 13.2. The van der Waals surface area contributed by atoms with Crippen molar-refractivity contribution in [3.05, 3.63) is 35.0 Å². The highest BCUT2D eigenvalue weighted by atomic mass is 35.5. The Kier molecular flexibility index (Phi) is 2.46. The van der Waals surface area contributed by atoms with Crippen LogP contribution in [0.5, 0.6) is 0 Å². The standard InChI is InChI=1S/C9H3ClF4N2/c10-7-6-4(11)2-1-3-5(6)15-8(16-7)9(12,13)14/h1-3H. The molecule has 0 amide bonds. The average Bonchev–Trinajstić information content (AvgIpc) is 2.15. The van der Waals surface area contributed by atoms with E-state index in [1.165, 1.54) is 12.1 Å². The van der Waals surface area contributed by atoms with Crippen molar-refractivity contribution >= 4 is 22.5 Å². The van der Waals surface area contributed by atoms with Crippen LogP contribution >= 0.6 is 11.6 Å². The Bertz CT molecular complexity index is 553. The van der Waals surface area contributed by atoms with Gasteiger partial charge in [-0.1, -0.05) is 17.7 Å². The summed E-state index contributed by atoms with van der Waals surface area (Å²) in [5.41, 5.74) is -0.174. The molecule has 0 aliphatic heterocycles. The number of nitrogens with zero attached hydrogens (tertiary/aromatic N) is 2.